The van der Waals surface area contributed by atoms with Crippen LogP contribution in [-0.2, 0) is 26.0 Å². The third kappa shape index (κ3) is 8.73. The van der Waals surface area contributed by atoms with E-state index in [2.05, 4.69) is 27.1 Å². The van der Waals surface area contributed by atoms with Crippen LogP contribution in [0.3, 0.4) is 0 Å². The van der Waals surface area contributed by atoms with Gasteiger partial charge in [-0.2, -0.15) is 0 Å². The molecule has 4 rings (SSSR count). The second-order valence-electron chi connectivity index (χ2n) is 11.3. The fourth-order valence-corrected chi connectivity index (χ4v) is 5.07. The maximum absolute atomic E-state index is 13.1. The smallest absolute Gasteiger partial charge is 0.341 e. The summed E-state index contributed by atoms with van der Waals surface area (Å²) < 4.78 is 37.2. The number of para-hydroxylation sites is 1. The molecule has 14 heteroatoms. The van der Waals surface area contributed by atoms with Gasteiger partial charge in [-0.05, 0) is 50.7 Å². The second-order valence-corrected chi connectivity index (χ2v) is 13.3. The van der Waals surface area contributed by atoms with E-state index < -0.39 is 16.0 Å². The van der Waals surface area contributed by atoms with Gasteiger partial charge in [-0.25, -0.2) is 23.2 Å². The number of methoxy groups -OCH3 is 1. The minimum atomic E-state index is -3.55. The van der Waals surface area contributed by atoms with Crippen LogP contribution in [0.4, 0.5) is 28.7 Å². The van der Waals surface area contributed by atoms with Crippen LogP contribution in [0.2, 0.25) is 0 Å². The van der Waals surface area contributed by atoms with Crippen LogP contribution in [-0.4, -0.2) is 95.9 Å². The molecule has 3 aromatic rings. The fourth-order valence-electron chi connectivity index (χ4n) is 4.54. The topological polar surface area (TPSA) is 146 Å². The van der Waals surface area contributed by atoms with Gasteiger partial charge < -0.3 is 29.9 Å². The van der Waals surface area contributed by atoms with Gasteiger partial charge in [0.25, 0.3) is 0 Å². The van der Waals surface area contributed by atoms with Crippen LogP contribution in [0.25, 0.3) is 0 Å². The molecule has 1 aliphatic carbocycles. The standard InChI is InChI=1S/C32H41N7O6S/c1-8-30(40)34-25-18-26(29(44-6)19-28(25)38(4)16-15-37(2)3)36-32-33-20-23(31(41)45-22-13-14-22)24(35-32)17-21-11-9-10-12-27(21)39(5)46(7,42)43/h8-12,18-20,22H,1,13-17H2,2-7H3,(H,34,40)(H,33,35,36). The highest BCUT2D eigenvalue weighted by molar-refractivity contribution is 7.92. The van der Waals surface area contributed by atoms with E-state index >= 15 is 0 Å². The van der Waals surface area contributed by atoms with E-state index in [1.807, 2.05) is 26.0 Å². The second kappa shape index (κ2) is 14.6. The highest BCUT2D eigenvalue weighted by Gasteiger charge is 2.29. The van der Waals surface area contributed by atoms with Crippen molar-refractivity contribution in [3.63, 3.8) is 0 Å². The summed E-state index contributed by atoms with van der Waals surface area (Å²) in [5.41, 5.74) is 3.32. The van der Waals surface area contributed by atoms with Gasteiger partial charge in [0.05, 0.1) is 47.4 Å². The number of rotatable bonds is 15. The molecule has 0 saturated heterocycles. The van der Waals surface area contributed by atoms with Crippen molar-refractivity contribution in [3.05, 3.63) is 72.1 Å². The maximum atomic E-state index is 13.1. The van der Waals surface area contributed by atoms with Crippen LogP contribution in [0.15, 0.2) is 55.3 Å². The van der Waals surface area contributed by atoms with E-state index in [0.717, 1.165) is 31.3 Å². The Labute approximate surface area is 270 Å². The monoisotopic (exact) mass is 651 g/mol. The van der Waals surface area contributed by atoms with Crippen molar-refractivity contribution < 1.29 is 27.5 Å². The zero-order valence-corrected chi connectivity index (χ0v) is 27.8. The van der Waals surface area contributed by atoms with Crippen molar-refractivity contribution in [2.75, 3.05) is 74.5 Å². The number of anilines is 5. The number of amides is 1. The molecule has 2 N–H and O–H groups in total. The zero-order chi connectivity index (χ0) is 33.6. The number of nitrogens with one attached hydrogen (secondary N) is 2. The number of carbonyl (C=O) groups excluding carboxylic acids is 2. The van der Waals surface area contributed by atoms with Crippen LogP contribution >= 0.6 is 0 Å². The van der Waals surface area contributed by atoms with E-state index in [0.29, 0.717) is 40.6 Å². The lowest BCUT2D eigenvalue weighted by Gasteiger charge is -2.26. The first-order chi connectivity index (χ1) is 21.8. The maximum Gasteiger partial charge on any atom is 0.341 e. The summed E-state index contributed by atoms with van der Waals surface area (Å²) in [6, 6.07) is 10.5. The number of sulfonamides is 1. The Balaban J connectivity index is 1.75. The third-order valence-electron chi connectivity index (χ3n) is 7.37. The number of carbonyl (C=O) groups is 2. The summed E-state index contributed by atoms with van der Waals surface area (Å²) in [7, 11) is 5.33. The molecule has 1 amide bonds. The fraction of sp³-hybridized carbons (Fsp3) is 0.375. The van der Waals surface area contributed by atoms with Crippen molar-refractivity contribution in [3.8, 4) is 5.75 Å². The van der Waals surface area contributed by atoms with Gasteiger partial charge in [0, 0.05) is 45.9 Å². The molecular weight excluding hydrogens is 610 g/mol. The minimum Gasteiger partial charge on any atom is -0.494 e. The van der Waals surface area contributed by atoms with Crippen molar-refractivity contribution in [2.24, 2.45) is 0 Å². The molecule has 0 radical (unpaired) electrons. The number of hydrogen-bond donors (Lipinski definition) is 2. The minimum absolute atomic E-state index is 0.121. The summed E-state index contributed by atoms with van der Waals surface area (Å²) in [4.78, 5) is 38.7. The van der Waals surface area contributed by atoms with Gasteiger partial charge in [-0.1, -0.05) is 24.8 Å². The summed E-state index contributed by atoms with van der Waals surface area (Å²) in [5, 5.41) is 6.03. The Hall–Kier alpha value is -4.69. The first-order valence-electron chi connectivity index (χ1n) is 14.7. The lowest BCUT2D eigenvalue weighted by atomic mass is 10.0. The Bertz CT molecular complexity index is 1710. The number of benzene rings is 2. The lowest BCUT2D eigenvalue weighted by Crippen LogP contribution is -2.29. The highest BCUT2D eigenvalue weighted by Crippen LogP contribution is 2.38. The van der Waals surface area contributed by atoms with Gasteiger partial charge in [-0.3, -0.25) is 9.10 Å². The van der Waals surface area contributed by atoms with Crippen LogP contribution in [0, 0.1) is 0 Å². The predicted molar refractivity (Wildman–Crippen MR) is 180 cm³/mol. The van der Waals surface area contributed by atoms with Crippen LogP contribution in [0.5, 0.6) is 5.75 Å². The van der Waals surface area contributed by atoms with Crippen molar-refractivity contribution in [1.82, 2.24) is 14.9 Å². The van der Waals surface area contributed by atoms with Gasteiger partial charge in [0.2, 0.25) is 21.9 Å². The SMILES string of the molecule is C=CC(=O)Nc1cc(Nc2ncc(C(=O)OC3CC3)c(Cc3ccccc3N(C)S(C)(=O)=O)n2)c(OC)cc1N(C)CCN(C)C. The van der Waals surface area contributed by atoms with Crippen LogP contribution in [0.1, 0.15) is 34.5 Å². The van der Waals surface area contributed by atoms with E-state index in [-0.39, 0.29) is 29.9 Å². The predicted octanol–water partition coefficient (Wildman–Crippen LogP) is 3.66. The largest absolute Gasteiger partial charge is 0.494 e. The van der Waals surface area contributed by atoms with Gasteiger partial charge in [0.1, 0.15) is 11.9 Å². The van der Waals surface area contributed by atoms with E-state index in [4.69, 9.17) is 14.5 Å². The molecule has 1 saturated carbocycles. The normalized spacial score (nSPS) is 12.8. The van der Waals surface area contributed by atoms with Gasteiger partial charge >= 0.3 is 5.97 Å². The molecule has 13 nitrogen and oxygen atoms in total. The van der Waals surface area contributed by atoms with E-state index in [9.17, 15) is 18.0 Å². The first kappa shape index (κ1) is 34.2. The molecule has 1 heterocycles. The Morgan fingerprint density at radius 3 is 2.41 bits per heavy atom. The number of likely N-dealkylation sites (N-methyl/N-ethyl adjacent to an activating group) is 2. The molecule has 0 spiro atoms. The summed E-state index contributed by atoms with van der Waals surface area (Å²) in [5.74, 6) is -0.311. The summed E-state index contributed by atoms with van der Waals surface area (Å²) in [6.07, 6.45) is 5.30. The zero-order valence-electron chi connectivity index (χ0n) is 27.0. The lowest BCUT2D eigenvalue weighted by molar-refractivity contribution is -0.111. The number of aromatic nitrogens is 2. The van der Waals surface area contributed by atoms with Gasteiger partial charge in [0.15, 0.2) is 0 Å². The molecule has 0 bridgehead atoms. The molecular formula is C32H41N7O6S. The van der Waals surface area contributed by atoms with E-state index in [1.165, 1.54) is 30.7 Å². The number of esters is 1. The molecule has 46 heavy (non-hydrogen) atoms. The van der Waals surface area contributed by atoms with Crippen molar-refractivity contribution in [2.45, 2.75) is 25.4 Å². The average molecular weight is 652 g/mol. The third-order valence-corrected chi connectivity index (χ3v) is 8.56. The van der Waals surface area contributed by atoms with Crippen LogP contribution < -0.4 is 24.6 Å². The molecule has 1 aliphatic rings. The Morgan fingerprint density at radius 2 is 1.78 bits per heavy atom. The van der Waals surface area contributed by atoms with E-state index in [1.54, 1.807) is 36.4 Å². The molecule has 0 atom stereocenters. The quantitative estimate of drug-likeness (QED) is 0.183. The van der Waals surface area contributed by atoms with Crippen molar-refractivity contribution >= 4 is 50.6 Å². The molecule has 0 aliphatic heterocycles. The van der Waals surface area contributed by atoms with Crippen molar-refractivity contribution in [1.29, 1.82) is 0 Å². The molecule has 246 valence electrons. The average Bonchev–Trinajstić information content (AvgIpc) is 3.83. The molecule has 0 unspecified atom stereocenters. The Morgan fingerprint density at radius 1 is 1.07 bits per heavy atom. The number of ether oxygens (including phenoxy) is 2. The number of nitrogens with zero attached hydrogens (tertiary/aromatic N) is 5. The molecule has 1 aromatic heterocycles. The number of hydrogen-bond acceptors (Lipinski definition) is 11. The Kier molecular flexibility index (Phi) is 10.9. The van der Waals surface area contributed by atoms with Gasteiger partial charge in [-0.15, -0.1) is 0 Å². The molecule has 2 aromatic carbocycles. The summed E-state index contributed by atoms with van der Waals surface area (Å²) >= 11 is 0. The first-order valence-corrected chi connectivity index (χ1v) is 16.5. The summed E-state index contributed by atoms with van der Waals surface area (Å²) in [6.45, 7) is 5.03. The highest BCUT2D eigenvalue weighted by atomic mass is 32.2. The molecule has 1 fully saturated rings.